The van der Waals surface area contributed by atoms with Crippen LogP contribution in [-0.4, -0.2) is 21.6 Å². The molecule has 0 bridgehead atoms. The first-order chi connectivity index (χ1) is 13.0. The number of rotatable bonds is 3. The second-order valence-electron chi connectivity index (χ2n) is 5.88. The molecule has 1 aromatic heterocycles. The van der Waals surface area contributed by atoms with Crippen molar-refractivity contribution in [3.05, 3.63) is 88.1 Å². The van der Waals surface area contributed by atoms with E-state index in [1.165, 1.54) is 24.3 Å². The second kappa shape index (κ2) is 6.81. The largest absolute Gasteiger partial charge is 0.402 e. The molecule has 0 N–H and O–H groups in total. The predicted molar refractivity (Wildman–Crippen MR) is 100 cm³/mol. The highest BCUT2D eigenvalue weighted by molar-refractivity contribution is 6.31. The molecule has 1 aliphatic heterocycles. The number of cyclic esters (lactones) is 1. The van der Waals surface area contributed by atoms with Gasteiger partial charge < -0.3 is 4.74 Å². The predicted octanol–water partition coefficient (Wildman–Crippen LogP) is 4.32. The number of hydrogen-bond donors (Lipinski definition) is 0. The molecular formula is C20H13ClFN3O2. The van der Waals surface area contributed by atoms with Gasteiger partial charge in [-0.15, -0.1) is 0 Å². The van der Waals surface area contributed by atoms with Crippen molar-refractivity contribution >= 4 is 29.5 Å². The molecule has 0 atom stereocenters. The van der Waals surface area contributed by atoms with E-state index >= 15 is 0 Å². The fraction of sp³-hybridized carbons (Fsp3) is 0.0500. The number of carbonyl (C=O) groups excluding carboxylic acids is 1. The van der Waals surface area contributed by atoms with E-state index in [0.29, 0.717) is 22.0 Å². The highest BCUT2D eigenvalue weighted by Crippen LogP contribution is 2.27. The van der Waals surface area contributed by atoms with E-state index in [2.05, 4.69) is 10.1 Å². The molecule has 5 nitrogen and oxygen atoms in total. The number of halogens is 2. The van der Waals surface area contributed by atoms with Crippen molar-refractivity contribution in [3.8, 4) is 5.69 Å². The lowest BCUT2D eigenvalue weighted by atomic mass is 10.2. The summed E-state index contributed by atoms with van der Waals surface area (Å²) in [4.78, 5) is 16.4. The van der Waals surface area contributed by atoms with Gasteiger partial charge in [0.15, 0.2) is 5.70 Å². The van der Waals surface area contributed by atoms with Crippen LogP contribution in [0.15, 0.2) is 65.3 Å². The molecule has 0 spiro atoms. The van der Waals surface area contributed by atoms with E-state index < -0.39 is 5.97 Å². The molecule has 0 saturated carbocycles. The summed E-state index contributed by atoms with van der Waals surface area (Å²) in [6.07, 6.45) is 1.54. The van der Waals surface area contributed by atoms with Gasteiger partial charge in [-0.05, 0) is 49.4 Å². The number of aromatic nitrogens is 2. The fourth-order valence-corrected chi connectivity index (χ4v) is 3.00. The standard InChI is InChI=1S/C20H13ClFN3O2/c1-12-16(18(21)25(24-12)15-5-3-2-4-6-15)11-17-20(26)27-19(23-17)13-7-9-14(22)10-8-13/h2-11H,1H3. The van der Waals surface area contributed by atoms with Gasteiger partial charge in [-0.2, -0.15) is 5.10 Å². The average Bonchev–Trinajstić information content (AvgIpc) is 3.18. The first kappa shape index (κ1) is 17.2. The summed E-state index contributed by atoms with van der Waals surface area (Å²) in [6, 6.07) is 15.0. The summed E-state index contributed by atoms with van der Waals surface area (Å²) < 4.78 is 19.8. The Morgan fingerprint density at radius 3 is 2.52 bits per heavy atom. The van der Waals surface area contributed by atoms with Crippen LogP contribution in [0.3, 0.4) is 0 Å². The zero-order chi connectivity index (χ0) is 19.0. The van der Waals surface area contributed by atoms with Crippen molar-refractivity contribution in [1.29, 1.82) is 0 Å². The zero-order valence-electron chi connectivity index (χ0n) is 14.2. The van der Waals surface area contributed by atoms with Gasteiger partial charge in [0.25, 0.3) is 0 Å². The van der Waals surface area contributed by atoms with Crippen molar-refractivity contribution in [2.75, 3.05) is 0 Å². The molecule has 0 fully saturated rings. The Labute approximate surface area is 159 Å². The summed E-state index contributed by atoms with van der Waals surface area (Å²) >= 11 is 6.47. The van der Waals surface area contributed by atoms with Crippen LogP contribution in [0.25, 0.3) is 11.8 Å². The molecule has 2 heterocycles. The van der Waals surface area contributed by atoms with Crippen molar-refractivity contribution in [2.45, 2.75) is 6.92 Å². The molecule has 7 heteroatoms. The van der Waals surface area contributed by atoms with Gasteiger partial charge in [0.05, 0.1) is 11.4 Å². The molecular weight excluding hydrogens is 369 g/mol. The van der Waals surface area contributed by atoms with Gasteiger partial charge >= 0.3 is 5.97 Å². The molecule has 0 radical (unpaired) electrons. The van der Waals surface area contributed by atoms with E-state index in [-0.39, 0.29) is 17.4 Å². The number of aryl methyl sites for hydroxylation is 1. The summed E-state index contributed by atoms with van der Waals surface area (Å²) in [5, 5.41) is 4.80. The van der Waals surface area contributed by atoms with E-state index in [1.807, 2.05) is 30.3 Å². The van der Waals surface area contributed by atoms with Crippen LogP contribution < -0.4 is 0 Å². The average molecular weight is 382 g/mol. The monoisotopic (exact) mass is 381 g/mol. The van der Waals surface area contributed by atoms with E-state index in [4.69, 9.17) is 16.3 Å². The number of carbonyl (C=O) groups is 1. The number of hydrogen-bond acceptors (Lipinski definition) is 4. The van der Waals surface area contributed by atoms with Gasteiger partial charge in [-0.3, -0.25) is 0 Å². The topological polar surface area (TPSA) is 56.5 Å². The third-order valence-electron chi connectivity index (χ3n) is 4.04. The molecule has 2 aromatic carbocycles. The Kier molecular flexibility index (Phi) is 4.33. The van der Waals surface area contributed by atoms with Gasteiger partial charge in [0.2, 0.25) is 5.90 Å². The molecule has 0 amide bonds. The number of ether oxygens (including phenoxy) is 1. The molecule has 0 saturated heterocycles. The van der Waals surface area contributed by atoms with Crippen LogP contribution in [0, 0.1) is 12.7 Å². The number of para-hydroxylation sites is 1. The Morgan fingerprint density at radius 2 is 1.81 bits per heavy atom. The normalized spacial score (nSPS) is 15.1. The Bertz CT molecular complexity index is 1090. The number of aliphatic imine (C=N–C) groups is 1. The van der Waals surface area contributed by atoms with Gasteiger partial charge in [0, 0.05) is 11.1 Å². The van der Waals surface area contributed by atoms with Crippen LogP contribution in [0.1, 0.15) is 16.8 Å². The van der Waals surface area contributed by atoms with Gasteiger partial charge in [-0.25, -0.2) is 18.9 Å². The maximum Gasteiger partial charge on any atom is 0.363 e. The number of benzene rings is 2. The molecule has 134 valence electrons. The smallest absolute Gasteiger partial charge is 0.363 e. The SMILES string of the molecule is Cc1nn(-c2ccccc2)c(Cl)c1C=C1N=C(c2ccc(F)cc2)OC1=O. The minimum absolute atomic E-state index is 0.104. The quantitative estimate of drug-likeness (QED) is 0.501. The van der Waals surface area contributed by atoms with Crippen LogP contribution in [0.5, 0.6) is 0 Å². The van der Waals surface area contributed by atoms with E-state index in [1.54, 1.807) is 17.7 Å². The van der Waals surface area contributed by atoms with Crippen molar-refractivity contribution in [3.63, 3.8) is 0 Å². The lowest BCUT2D eigenvalue weighted by molar-refractivity contribution is -0.129. The second-order valence-corrected chi connectivity index (χ2v) is 6.24. The third-order valence-corrected chi connectivity index (χ3v) is 4.41. The lowest BCUT2D eigenvalue weighted by Crippen LogP contribution is -2.05. The molecule has 3 aromatic rings. The fourth-order valence-electron chi connectivity index (χ4n) is 2.68. The number of esters is 1. The highest BCUT2D eigenvalue weighted by atomic mass is 35.5. The van der Waals surface area contributed by atoms with Crippen molar-refractivity contribution in [1.82, 2.24) is 9.78 Å². The zero-order valence-corrected chi connectivity index (χ0v) is 14.9. The molecule has 1 aliphatic rings. The van der Waals surface area contributed by atoms with Crippen LogP contribution in [0.2, 0.25) is 5.15 Å². The highest BCUT2D eigenvalue weighted by Gasteiger charge is 2.25. The summed E-state index contributed by atoms with van der Waals surface area (Å²) in [5.74, 6) is -0.858. The summed E-state index contributed by atoms with van der Waals surface area (Å²) in [5.41, 5.74) is 2.65. The molecule has 4 rings (SSSR count). The Morgan fingerprint density at radius 1 is 1.11 bits per heavy atom. The first-order valence-electron chi connectivity index (χ1n) is 8.12. The maximum absolute atomic E-state index is 13.1. The molecule has 0 aliphatic carbocycles. The number of nitrogens with zero attached hydrogens (tertiary/aromatic N) is 3. The Balaban J connectivity index is 1.72. The lowest BCUT2D eigenvalue weighted by Gasteiger charge is -2.01. The minimum Gasteiger partial charge on any atom is -0.402 e. The van der Waals surface area contributed by atoms with Gasteiger partial charge in [-0.1, -0.05) is 29.8 Å². The van der Waals surface area contributed by atoms with Crippen LogP contribution in [0.4, 0.5) is 4.39 Å². The van der Waals surface area contributed by atoms with Crippen molar-refractivity contribution in [2.24, 2.45) is 4.99 Å². The minimum atomic E-state index is -0.600. The van der Waals surface area contributed by atoms with E-state index in [0.717, 1.165) is 5.69 Å². The van der Waals surface area contributed by atoms with Crippen molar-refractivity contribution < 1.29 is 13.9 Å². The van der Waals surface area contributed by atoms with Crippen LogP contribution in [-0.2, 0) is 9.53 Å². The first-order valence-corrected chi connectivity index (χ1v) is 8.50. The van der Waals surface area contributed by atoms with Crippen LogP contribution >= 0.6 is 11.6 Å². The molecule has 0 unspecified atom stereocenters. The van der Waals surface area contributed by atoms with Gasteiger partial charge in [0.1, 0.15) is 11.0 Å². The summed E-state index contributed by atoms with van der Waals surface area (Å²) in [7, 11) is 0. The summed E-state index contributed by atoms with van der Waals surface area (Å²) in [6.45, 7) is 1.79. The van der Waals surface area contributed by atoms with E-state index in [9.17, 15) is 9.18 Å². The molecule has 27 heavy (non-hydrogen) atoms. The Hall–Kier alpha value is -3.25. The third kappa shape index (κ3) is 3.27. The maximum atomic E-state index is 13.1.